The average Bonchev–Trinajstić information content (AvgIpc) is 3.83. The van der Waals surface area contributed by atoms with Crippen molar-refractivity contribution in [2.24, 2.45) is 9.98 Å². The molecule has 0 bridgehead atoms. The average molecular weight is 950 g/mol. The van der Waals surface area contributed by atoms with Crippen LogP contribution in [0.1, 0.15) is 101 Å². The number of hydrogen-bond donors (Lipinski definition) is 1. The molecule has 68 heavy (non-hydrogen) atoms. The van der Waals surface area contributed by atoms with Crippen LogP contribution < -0.4 is 29.3 Å². The van der Waals surface area contributed by atoms with Crippen LogP contribution >= 0.6 is 21.6 Å². The molecule has 0 saturated heterocycles. The number of carbonyl (C=O) groups is 4. The zero-order valence-electron chi connectivity index (χ0n) is 39.0. The molecular weight excluding hydrogens is 895 g/mol. The normalized spacial score (nSPS) is 16.5. The Morgan fingerprint density at radius 2 is 1.32 bits per heavy atom. The van der Waals surface area contributed by atoms with Crippen LogP contribution in [-0.2, 0) is 35.6 Å². The van der Waals surface area contributed by atoms with Crippen molar-refractivity contribution in [1.82, 2.24) is 0 Å². The van der Waals surface area contributed by atoms with Gasteiger partial charge in [-0.15, -0.1) is 0 Å². The lowest BCUT2D eigenvalue weighted by molar-refractivity contribution is -0.119. The summed E-state index contributed by atoms with van der Waals surface area (Å²) < 4.78 is 18.7. The molecule has 0 aromatic heterocycles. The summed E-state index contributed by atoms with van der Waals surface area (Å²) in [6.07, 6.45) is 8.06. The van der Waals surface area contributed by atoms with Crippen molar-refractivity contribution in [2.75, 3.05) is 28.0 Å². The van der Waals surface area contributed by atoms with Gasteiger partial charge in [0.05, 0.1) is 41.7 Å². The van der Waals surface area contributed by atoms with Gasteiger partial charge in [0.25, 0.3) is 11.8 Å². The van der Waals surface area contributed by atoms with E-state index in [4.69, 9.17) is 24.2 Å². The highest BCUT2D eigenvalue weighted by Crippen LogP contribution is 2.43. The van der Waals surface area contributed by atoms with Crippen molar-refractivity contribution >= 4 is 86.0 Å². The van der Waals surface area contributed by atoms with Gasteiger partial charge in [-0.1, -0.05) is 64.9 Å². The van der Waals surface area contributed by atoms with E-state index in [1.165, 1.54) is 0 Å². The largest absolute Gasteiger partial charge is 0.493 e. The fourth-order valence-electron chi connectivity index (χ4n) is 9.09. The Morgan fingerprint density at radius 3 is 1.93 bits per heavy atom. The van der Waals surface area contributed by atoms with Gasteiger partial charge in [0.2, 0.25) is 5.91 Å². The van der Waals surface area contributed by atoms with E-state index in [1.807, 2.05) is 104 Å². The number of ether oxygens (including phenoxy) is 3. The Hall–Kier alpha value is -6.38. The third-order valence-corrected chi connectivity index (χ3v) is 16.1. The molecule has 3 amide bonds. The number of nitrogens with zero attached hydrogens (tertiary/aromatic N) is 4. The number of para-hydroxylation sites is 2. The van der Waals surface area contributed by atoms with Crippen LogP contribution in [0.2, 0.25) is 0 Å². The highest BCUT2D eigenvalue weighted by Gasteiger charge is 2.38. The van der Waals surface area contributed by atoms with Gasteiger partial charge in [-0.05, 0) is 104 Å². The minimum Gasteiger partial charge on any atom is -0.493 e. The highest BCUT2D eigenvalue weighted by molar-refractivity contribution is 8.77. The maximum Gasteiger partial charge on any atom is 0.261 e. The molecule has 4 aliphatic rings. The van der Waals surface area contributed by atoms with Gasteiger partial charge >= 0.3 is 0 Å². The number of amides is 3. The van der Waals surface area contributed by atoms with E-state index < -0.39 is 0 Å². The molecule has 0 fully saturated rings. The molecule has 9 rings (SSSR count). The summed E-state index contributed by atoms with van der Waals surface area (Å²) in [5, 5.41) is 3.11. The second-order valence-electron chi connectivity index (χ2n) is 18.2. The smallest absolute Gasteiger partial charge is 0.261 e. The van der Waals surface area contributed by atoms with E-state index in [9.17, 15) is 19.2 Å². The summed E-state index contributed by atoms with van der Waals surface area (Å²) in [5.74, 6) is 2.12. The van der Waals surface area contributed by atoms with E-state index in [2.05, 4.69) is 25.2 Å². The van der Waals surface area contributed by atoms with Crippen LogP contribution in [0.5, 0.6) is 17.2 Å². The highest BCUT2D eigenvalue weighted by atomic mass is 33.1. The number of hydrogen-bond acceptors (Lipinski definition) is 11. The number of ketones is 1. The van der Waals surface area contributed by atoms with Gasteiger partial charge in [-0.25, -0.2) is 0 Å². The molecule has 5 aromatic rings. The fraction of sp³-hybridized carbons (Fsp3) is 0.333. The first-order valence-corrected chi connectivity index (χ1v) is 25.5. The summed E-state index contributed by atoms with van der Waals surface area (Å²) in [6.45, 7) is 8.39. The fourth-order valence-corrected chi connectivity index (χ4v) is 11.7. The van der Waals surface area contributed by atoms with Crippen LogP contribution in [0.3, 0.4) is 0 Å². The van der Waals surface area contributed by atoms with Gasteiger partial charge < -0.3 is 19.5 Å². The SMILES string of the molecule is CCC(=O)CCC(C)(C)SSCCCC(=O)Nc1cc(COc2cc3c(cc2C)C(=O)N2c4ccccc4C[C@H]2C=N3)cc(COc2cc3c(cc2OC)C(=O)N2c4ccccc4C[C@H]2C=N3)c1. The first kappa shape index (κ1) is 46.7. The molecule has 12 nitrogen and oxygen atoms in total. The molecule has 0 unspecified atom stereocenters. The Kier molecular flexibility index (Phi) is 13.8. The van der Waals surface area contributed by atoms with Crippen molar-refractivity contribution in [3.8, 4) is 17.2 Å². The summed E-state index contributed by atoms with van der Waals surface area (Å²) in [4.78, 5) is 66.5. The molecule has 0 aliphatic carbocycles. The zero-order valence-corrected chi connectivity index (χ0v) is 40.6. The summed E-state index contributed by atoms with van der Waals surface area (Å²) >= 11 is 0. The molecule has 350 valence electrons. The Bertz CT molecular complexity index is 2860. The molecule has 4 heterocycles. The molecule has 0 radical (unpaired) electrons. The van der Waals surface area contributed by atoms with E-state index in [-0.39, 0.29) is 53.5 Å². The summed E-state index contributed by atoms with van der Waals surface area (Å²) in [6, 6.07) is 28.4. The monoisotopic (exact) mass is 949 g/mol. The number of aliphatic imine (C=N–C) groups is 2. The Balaban J connectivity index is 0.916. The summed E-state index contributed by atoms with van der Waals surface area (Å²) in [5.41, 5.74) is 8.96. The van der Waals surface area contributed by atoms with E-state index >= 15 is 0 Å². The molecule has 0 spiro atoms. The van der Waals surface area contributed by atoms with Crippen LogP contribution in [0.25, 0.3) is 0 Å². The third kappa shape index (κ3) is 10.1. The third-order valence-electron chi connectivity index (χ3n) is 12.7. The minimum absolute atomic E-state index is 0.0400. The topological polar surface area (TPSA) is 139 Å². The quantitative estimate of drug-likeness (QED) is 0.0672. The van der Waals surface area contributed by atoms with Crippen molar-refractivity contribution in [1.29, 1.82) is 0 Å². The number of nitrogens with one attached hydrogen (secondary N) is 1. The number of aryl methyl sites for hydroxylation is 1. The first-order valence-electron chi connectivity index (χ1n) is 23.2. The number of benzene rings is 5. The van der Waals surface area contributed by atoms with Gasteiger partial charge in [0, 0.05) is 84.2 Å². The van der Waals surface area contributed by atoms with Gasteiger partial charge in [-0.2, -0.15) is 0 Å². The van der Waals surface area contributed by atoms with Crippen molar-refractivity contribution in [3.05, 3.63) is 130 Å². The van der Waals surface area contributed by atoms with Crippen molar-refractivity contribution in [3.63, 3.8) is 0 Å². The van der Waals surface area contributed by atoms with Crippen molar-refractivity contribution in [2.45, 2.75) is 103 Å². The first-order chi connectivity index (χ1) is 32.9. The number of methoxy groups -OCH3 is 1. The van der Waals surface area contributed by atoms with Gasteiger partial charge in [0.1, 0.15) is 24.7 Å². The molecule has 5 aromatic carbocycles. The van der Waals surface area contributed by atoms with E-state index in [0.29, 0.717) is 84.0 Å². The maximum atomic E-state index is 14.0. The number of fused-ring (bicyclic) bond motifs is 8. The minimum atomic E-state index is -0.194. The van der Waals surface area contributed by atoms with Gasteiger partial charge in [0.15, 0.2) is 11.5 Å². The lowest BCUT2D eigenvalue weighted by atomic mass is 10.0. The zero-order chi connectivity index (χ0) is 47.5. The Morgan fingerprint density at radius 1 is 0.750 bits per heavy atom. The Labute approximate surface area is 405 Å². The second-order valence-corrected chi connectivity index (χ2v) is 21.3. The van der Waals surface area contributed by atoms with E-state index in [0.717, 1.165) is 51.4 Å². The second kappa shape index (κ2) is 20.1. The number of Topliss-reactive ketones (excluding diaryl/α,β-unsaturated/α-hetero) is 1. The van der Waals surface area contributed by atoms with E-state index in [1.54, 1.807) is 45.7 Å². The maximum absolute atomic E-state index is 14.0. The van der Waals surface area contributed by atoms with Crippen LogP contribution in [-0.4, -0.2) is 65.6 Å². The predicted molar refractivity (Wildman–Crippen MR) is 274 cm³/mol. The van der Waals surface area contributed by atoms with Crippen LogP contribution in [0, 0.1) is 6.92 Å². The molecule has 0 saturated carbocycles. The van der Waals surface area contributed by atoms with Crippen LogP contribution in [0.15, 0.2) is 101 Å². The molecule has 2 atom stereocenters. The number of carbonyl (C=O) groups excluding carboxylic acids is 4. The lowest BCUT2D eigenvalue weighted by Crippen LogP contribution is -2.37. The number of rotatable bonds is 18. The molecule has 1 N–H and O–H groups in total. The van der Waals surface area contributed by atoms with Crippen LogP contribution in [0.4, 0.5) is 28.4 Å². The number of anilines is 3. The predicted octanol–water partition coefficient (Wildman–Crippen LogP) is 11.4. The standard InChI is InChI=1S/C54H55N5O7S2/c1-6-41(60)17-18-54(3,4)68-67-19-11-16-51(61)57-38-22-34(31-65-48-27-44-42(20-33(48)2)52(62)58-39(29-55-44)24-36-12-7-9-14-46(36)58)21-35(23-38)32-66-50-28-45-43(26-49(50)64-5)53(63)59-40(30-56-45)25-37-13-8-10-15-47(37)59/h7-10,12-15,20-23,26-30,39-40H,6,11,16-19,24-25,31-32H2,1-5H3,(H,57,61)/t39-,40-/m0/s1. The lowest BCUT2D eigenvalue weighted by Gasteiger charge is -2.22. The molecular formula is C54H55N5O7S2. The van der Waals surface area contributed by atoms with Gasteiger partial charge in [-0.3, -0.25) is 39.0 Å². The summed E-state index contributed by atoms with van der Waals surface area (Å²) in [7, 11) is 5.04. The molecule has 4 aliphatic heterocycles. The molecule has 14 heteroatoms. The van der Waals surface area contributed by atoms with Crippen molar-refractivity contribution < 1.29 is 33.4 Å².